The maximum absolute atomic E-state index is 9.32. The molecule has 0 aromatic carbocycles. The van der Waals surface area contributed by atoms with Crippen LogP contribution >= 0.6 is 0 Å². The van der Waals surface area contributed by atoms with Gasteiger partial charge >= 0.3 is 0 Å². The van der Waals surface area contributed by atoms with E-state index in [1.54, 1.807) is 0 Å². The summed E-state index contributed by atoms with van der Waals surface area (Å²) in [4.78, 5) is 5.65. The Hall–Kier alpha value is -0.160. The second-order valence-corrected chi connectivity index (χ2v) is 5.85. The van der Waals surface area contributed by atoms with Gasteiger partial charge in [0.05, 0.1) is 0 Å². The Kier molecular flexibility index (Phi) is 11.6. The molecule has 0 aliphatic heterocycles. The number of aliphatic hydroxyl groups is 2. The summed E-state index contributed by atoms with van der Waals surface area (Å²) in [6, 6.07) is 0. The standard InChI is InChI=1S/C15H34NO3/c1-4-11-16(13-17,14-18)19-12-9-7-5-6-8-10-15(2)3/h15,17-18H,4-14H2,1-3H3/q+1. The second-order valence-electron chi connectivity index (χ2n) is 5.85. The summed E-state index contributed by atoms with van der Waals surface area (Å²) in [6.07, 6.45) is 8.25. The molecule has 0 aliphatic carbocycles. The number of hydrogen-bond acceptors (Lipinski definition) is 3. The minimum atomic E-state index is -0.154. The minimum absolute atomic E-state index is 0.0378. The second kappa shape index (κ2) is 11.6. The van der Waals surface area contributed by atoms with Crippen molar-refractivity contribution < 1.29 is 19.7 Å². The molecule has 0 aromatic heterocycles. The molecule has 0 aromatic rings. The summed E-state index contributed by atoms with van der Waals surface area (Å²) in [7, 11) is 0. The number of unbranched alkanes of at least 4 members (excludes halogenated alkanes) is 4. The molecule has 19 heavy (non-hydrogen) atoms. The van der Waals surface area contributed by atoms with Crippen molar-refractivity contribution in [3.8, 4) is 0 Å². The van der Waals surface area contributed by atoms with Gasteiger partial charge in [0.2, 0.25) is 13.5 Å². The van der Waals surface area contributed by atoms with Crippen molar-refractivity contribution in [3.63, 3.8) is 0 Å². The van der Waals surface area contributed by atoms with E-state index in [9.17, 15) is 10.2 Å². The quantitative estimate of drug-likeness (QED) is 0.235. The Morgan fingerprint density at radius 2 is 1.53 bits per heavy atom. The molecule has 0 rings (SSSR count). The molecule has 0 fully saturated rings. The summed E-state index contributed by atoms with van der Waals surface area (Å²) in [5.41, 5.74) is 0. The van der Waals surface area contributed by atoms with Crippen LogP contribution in [0.1, 0.15) is 65.7 Å². The number of quaternary nitrogens is 1. The first-order valence-corrected chi connectivity index (χ1v) is 7.82. The van der Waals surface area contributed by atoms with Gasteiger partial charge in [-0.15, -0.1) is 4.65 Å². The SMILES string of the molecule is CCC[N+](CO)(CO)OCCCCCCCC(C)C. The predicted molar refractivity (Wildman–Crippen MR) is 78.1 cm³/mol. The molecule has 0 aliphatic rings. The molecule has 0 spiro atoms. The van der Waals surface area contributed by atoms with Crippen LogP contribution in [0.4, 0.5) is 0 Å². The van der Waals surface area contributed by atoms with Gasteiger partial charge in [-0.2, -0.15) is 4.84 Å². The van der Waals surface area contributed by atoms with Crippen LogP contribution in [0.5, 0.6) is 0 Å². The van der Waals surface area contributed by atoms with Crippen molar-refractivity contribution in [2.75, 3.05) is 26.6 Å². The third kappa shape index (κ3) is 9.38. The summed E-state index contributed by atoms with van der Waals surface area (Å²) in [5.74, 6) is 0.810. The largest absolute Gasteiger partial charge is 0.345 e. The number of rotatable bonds is 13. The number of nitrogens with zero attached hydrogens (tertiary/aromatic N) is 1. The molecule has 0 atom stereocenters. The van der Waals surface area contributed by atoms with Crippen molar-refractivity contribution in [2.24, 2.45) is 5.92 Å². The van der Waals surface area contributed by atoms with E-state index in [1.165, 1.54) is 32.1 Å². The fraction of sp³-hybridized carbons (Fsp3) is 1.00. The van der Waals surface area contributed by atoms with Gasteiger partial charge in [-0.05, 0) is 18.8 Å². The molecule has 4 heteroatoms. The fourth-order valence-corrected chi connectivity index (χ4v) is 2.18. The zero-order valence-corrected chi connectivity index (χ0v) is 13.1. The lowest BCUT2D eigenvalue weighted by molar-refractivity contribution is -1.13. The van der Waals surface area contributed by atoms with Gasteiger partial charge in [0.25, 0.3) is 0 Å². The zero-order valence-electron chi connectivity index (χ0n) is 13.1. The van der Waals surface area contributed by atoms with E-state index in [0.29, 0.717) is 13.2 Å². The molecule has 0 saturated carbocycles. The van der Waals surface area contributed by atoms with Gasteiger partial charge in [0, 0.05) is 0 Å². The molecular weight excluding hydrogens is 242 g/mol. The first-order valence-electron chi connectivity index (χ1n) is 7.82. The van der Waals surface area contributed by atoms with Crippen LogP contribution in [0, 0.1) is 5.92 Å². The van der Waals surface area contributed by atoms with E-state index in [-0.39, 0.29) is 18.1 Å². The monoisotopic (exact) mass is 276 g/mol. The van der Waals surface area contributed by atoms with E-state index in [4.69, 9.17) is 4.84 Å². The van der Waals surface area contributed by atoms with Crippen LogP contribution in [-0.4, -0.2) is 41.5 Å². The van der Waals surface area contributed by atoms with E-state index >= 15 is 0 Å². The van der Waals surface area contributed by atoms with Gasteiger partial charge in [-0.25, -0.2) is 0 Å². The number of aliphatic hydroxyl groups excluding tert-OH is 2. The van der Waals surface area contributed by atoms with Gasteiger partial charge in [-0.1, -0.05) is 52.9 Å². The molecule has 0 radical (unpaired) electrons. The first-order chi connectivity index (χ1) is 9.10. The highest BCUT2D eigenvalue weighted by Crippen LogP contribution is 2.12. The van der Waals surface area contributed by atoms with Crippen molar-refractivity contribution >= 4 is 0 Å². The van der Waals surface area contributed by atoms with Crippen LogP contribution in [0.25, 0.3) is 0 Å². The predicted octanol–water partition coefficient (Wildman–Crippen LogP) is 3.04. The average Bonchev–Trinajstić information content (AvgIpc) is 2.40. The van der Waals surface area contributed by atoms with Crippen LogP contribution in [0.15, 0.2) is 0 Å². The highest BCUT2D eigenvalue weighted by molar-refractivity contribution is 4.48. The Morgan fingerprint density at radius 1 is 0.947 bits per heavy atom. The maximum atomic E-state index is 9.32. The summed E-state index contributed by atoms with van der Waals surface area (Å²) >= 11 is 0. The lowest BCUT2D eigenvalue weighted by atomic mass is 10.0. The lowest BCUT2D eigenvalue weighted by Crippen LogP contribution is -2.50. The average molecular weight is 276 g/mol. The van der Waals surface area contributed by atoms with E-state index < -0.39 is 0 Å². The van der Waals surface area contributed by atoms with E-state index in [0.717, 1.165) is 18.8 Å². The first kappa shape index (κ1) is 18.8. The molecular formula is C15H34NO3+. The van der Waals surface area contributed by atoms with Crippen molar-refractivity contribution in [1.29, 1.82) is 0 Å². The van der Waals surface area contributed by atoms with Crippen LogP contribution < -0.4 is 0 Å². The Labute approximate surface area is 118 Å². The molecule has 0 saturated heterocycles. The highest BCUT2D eigenvalue weighted by atomic mass is 16.7. The van der Waals surface area contributed by atoms with E-state index in [2.05, 4.69) is 13.8 Å². The third-order valence-electron chi connectivity index (χ3n) is 3.44. The van der Waals surface area contributed by atoms with Gasteiger partial charge in [0.1, 0.15) is 13.2 Å². The summed E-state index contributed by atoms with van der Waals surface area (Å²) in [5, 5.41) is 18.6. The molecule has 4 nitrogen and oxygen atoms in total. The molecule has 0 heterocycles. The van der Waals surface area contributed by atoms with Gasteiger partial charge < -0.3 is 10.2 Å². The Morgan fingerprint density at radius 3 is 2.05 bits per heavy atom. The fourth-order valence-electron chi connectivity index (χ4n) is 2.18. The molecule has 116 valence electrons. The van der Waals surface area contributed by atoms with Crippen molar-refractivity contribution in [1.82, 2.24) is 0 Å². The van der Waals surface area contributed by atoms with Crippen molar-refractivity contribution in [2.45, 2.75) is 65.7 Å². The molecule has 0 unspecified atom stereocenters. The Bertz CT molecular complexity index is 194. The molecule has 2 N–H and O–H groups in total. The number of hydroxylamine groups is 3. The van der Waals surface area contributed by atoms with Gasteiger partial charge in [-0.3, -0.25) is 0 Å². The molecule has 0 bridgehead atoms. The topological polar surface area (TPSA) is 49.7 Å². The van der Waals surface area contributed by atoms with E-state index in [1.807, 2.05) is 6.92 Å². The maximum Gasteiger partial charge on any atom is 0.212 e. The van der Waals surface area contributed by atoms with Crippen LogP contribution in [0.2, 0.25) is 0 Å². The van der Waals surface area contributed by atoms with Crippen LogP contribution in [-0.2, 0) is 4.84 Å². The number of hydrogen-bond donors (Lipinski definition) is 2. The highest BCUT2D eigenvalue weighted by Gasteiger charge is 2.26. The van der Waals surface area contributed by atoms with Crippen molar-refractivity contribution in [3.05, 3.63) is 0 Å². The zero-order chi connectivity index (χ0) is 14.6. The normalized spacial score (nSPS) is 12.3. The summed E-state index contributed by atoms with van der Waals surface area (Å²) in [6.45, 7) is 7.52. The lowest BCUT2D eigenvalue weighted by Gasteiger charge is -2.30. The van der Waals surface area contributed by atoms with Gasteiger partial charge in [0.15, 0.2) is 0 Å². The minimum Gasteiger partial charge on any atom is -0.345 e. The smallest absolute Gasteiger partial charge is 0.212 e. The summed E-state index contributed by atoms with van der Waals surface area (Å²) < 4.78 is -0.0378. The third-order valence-corrected chi connectivity index (χ3v) is 3.44. The van der Waals surface area contributed by atoms with Crippen LogP contribution in [0.3, 0.4) is 0 Å². The Balaban J connectivity index is 3.55. The molecule has 0 amide bonds.